The van der Waals surface area contributed by atoms with Crippen LogP contribution in [-0.2, 0) is 6.42 Å². The molecule has 0 aliphatic heterocycles. The van der Waals surface area contributed by atoms with Crippen molar-refractivity contribution in [1.82, 2.24) is 15.1 Å². The lowest BCUT2D eigenvalue weighted by molar-refractivity contribution is 0.385. The molecule has 2 aromatic carbocycles. The number of hydrogen-bond donors (Lipinski definition) is 0. The molecular formula is C19H14FN3OS. The molecule has 4 aromatic rings. The molecule has 0 spiro atoms. The highest BCUT2D eigenvalue weighted by atomic mass is 32.1. The highest BCUT2D eigenvalue weighted by Gasteiger charge is 2.10. The molecule has 2 heterocycles. The smallest absolute Gasteiger partial charge is 0.231 e. The van der Waals surface area contributed by atoms with Crippen LogP contribution in [0, 0.1) is 12.7 Å². The third kappa shape index (κ3) is 3.49. The molecule has 0 saturated heterocycles. The fraction of sp³-hybridized carbons (Fsp3) is 0.105. The van der Waals surface area contributed by atoms with E-state index in [2.05, 4.69) is 15.1 Å². The van der Waals surface area contributed by atoms with Gasteiger partial charge in [-0.3, -0.25) is 0 Å². The van der Waals surface area contributed by atoms with Crippen molar-refractivity contribution in [2.75, 3.05) is 0 Å². The van der Waals surface area contributed by atoms with Crippen molar-refractivity contribution in [3.63, 3.8) is 0 Å². The van der Waals surface area contributed by atoms with Crippen LogP contribution in [0.2, 0.25) is 0 Å². The summed E-state index contributed by atoms with van der Waals surface area (Å²) in [4.78, 5) is 8.90. The second-order valence-corrected chi connectivity index (χ2v) is 6.71. The molecule has 0 bridgehead atoms. The minimum Gasteiger partial charge on any atom is -0.339 e. The summed E-state index contributed by atoms with van der Waals surface area (Å²) in [5.74, 6) is 0.782. The van der Waals surface area contributed by atoms with Crippen molar-refractivity contribution < 1.29 is 8.91 Å². The third-order valence-electron chi connectivity index (χ3n) is 3.79. The summed E-state index contributed by atoms with van der Waals surface area (Å²) >= 11 is 1.63. The Hall–Kier alpha value is -2.86. The van der Waals surface area contributed by atoms with E-state index in [1.165, 1.54) is 12.1 Å². The van der Waals surface area contributed by atoms with Crippen LogP contribution in [0.15, 0.2) is 58.4 Å². The van der Waals surface area contributed by atoms with E-state index < -0.39 is 0 Å². The van der Waals surface area contributed by atoms with Crippen LogP contribution < -0.4 is 0 Å². The lowest BCUT2D eigenvalue weighted by atomic mass is 10.1. The highest BCUT2D eigenvalue weighted by molar-refractivity contribution is 7.09. The SMILES string of the molecule is Cc1nc(-c2ccc(-c3noc(Cc4ccc(F)cc4)n3)cc2)cs1. The molecule has 0 fully saturated rings. The maximum Gasteiger partial charge on any atom is 0.231 e. The minimum absolute atomic E-state index is 0.259. The van der Waals surface area contributed by atoms with Gasteiger partial charge in [-0.25, -0.2) is 9.37 Å². The first-order valence-electron chi connectivity index (χ1n) is 7.77. The molecule has 25 heavy (non-hydrogen) atoms. The van der Waals surface area contributed by atoms with E-state index in [9.17, 15) is 4.39 Å². The van der Waals surface area contributed by atoms with Crippen LogP contribution in [0.4, 0.5) is 4.39 Å². The number of rotatable bonds is 4. The summed E-state index contributed by atoms with van der Waals surface area (Å²) in [6, 6.07) is 14.2. The first-order valence-corrected chi connectivity index (χ1v) is 8.65. The average Bonchev–Trinajstić information content (AvgIpc) is 3.26. The van der Waals surface area contributed by atoms with Crippen LogP contribution >= 0.6 is 11.3 Å². The van der Waals surface area contributed by atoms with Crippen molar-refractivity contribution in [2.45, 2.75) is 13.3 Å². The van der Waals surface area contributed by atoms with Gasteiger partial charge in [-0.1, -0.05) is 41.6 Å². The van der Waals surface area contributed by atoms with Gasteiger partial charge in [0.25, 0.3) is 0 Å². The Labute approximate surface area is 148 Å². The molecule has 2 aromatic heterocycles. The molecule has 4 nitrogen and oxygen atoms in total. The van der Waals surface area contributed by atoms with Crippen LogP contribution in [0.5, 0.6) is 0 Å². The van der Waals surface area contributed by atoms with Gasteiger partial charge in [-0.2, -0.15) is 4.98 Å². The summed E-state index contributed by atoms with van der Waals surface area (Å²) in [6.07, 6.45) is 0.476. The van der Waals surface area contributed by atoms with Gasteiger partial charge in [0.05, 0.1) is 17.1 Å². The molecule has 0 unspecified atom stereocenters. The second-order valence-electron chi connectivity index (χ2n) is 5.64. The molecule has 0 N–H and O–H groups in total. The third-order valence-corrected chi connectivity index (χ3v) is 4.57. The summed E-state index contributed by atoms with van der Waals surface area (Å²) in [7, 11) is 0. The maximum absolute atomic E-state index is 13.0. The Morgan fingerprint density at radius 1 is 0.960 bits per heavy atom. The number of thiazole rings is 1. The molecule has 0 amide bonds. The number of aromatic nitrogens is 3. The van der Waals surface area contributed by atoms with Crippen LogP contribution in [-0.4, -0.2) is 15.1 Å². The number of hydrogen-bond acceptors (Lipinski definition) is 5. The van der Waals surface area contributed by atoms with Crippen LogP contribution in [0.3, 0.4) is 0 Å². The second kappa shape index (κ2) is 6.57. The van der Waals surface area contributed by atoms with Gasteiger partial charge in [0.15, 0.2) is 0 Å². The topological polar surface area (TPSA) is 51.8 Å². The van der Waals surface area contributed by atoms with Gasteiger partial charge in [0.2, 0.25) is 11.7 Å². The first kappa shape index (κ1) is 15.7. The Morgan fingerprint density at radius 2 is 1.68 bits per heavy atom. The van der Waals surface area contributed by atoms with Crippen LogP contribution in [0.25, 0.3) is 22.6 Å². The lowest BCUT2D eigenvalue weighted by Gasteiger charge is -1.98. The molecule has 4 rings (SSSR count). The van der Waals surface area contributed by atoms with Gasteiger partial charge in [-0.05, 0) is 24.6 Å². The van der Waals surface area contributed by atoms with E-state index >= 15 is 0 Å². The summed E-state index contributed by atoms with van der Waals surface area (Å²) < 4.78 is 18.3. The van der Waals surface area contributed by atoms with Crippen molar-refractivity contribution in [1.29, 1.82) is 0 Å². The van der Waals surface area contributed by atoms with Gasteiger partial charge < -0.3 is 4.52 Å². The summed E-state index contributed by atoms with van der Waals surface area (Å²) in [5, 5.41) is 7.12. The molecule has 0 aliphatic rings. The zero-order valence-corrected chi connectivity index (χ0v) is 14.3. The Balaban J connectivity index is 1.52. The molecule has 6 heteroatoms. The van der Waals surface area contributed by atoms with Crippen molar-refractivity contribution in [3.05, 3.63) is 76.2 Å². The molecule has 0 radical (unpaired) electrons. The predicted molar refractivity (Wildman–Crippen MR) is 94.8 cm³/mol. The normalized spacial score (nSPS) is 11.0. The molecule has 124 valence electrons. The van der Waals surface area contributed by atoms with Gasteiger partial charge >= 0.3 is 0 Å². The largest absolute Gasteiger partial charge is 0.339 e. The fourth-order valence-electron chi connectivity index (χ4n) is 2.51. The molecule has 0 aliphatic carbocycles. The maximum atomic E-state index is 13.0. The average molecular weight is 351 g/mol. The predicted octanol–water partition coefficient (Wildman–Crippen LogP) is 4.90. The van der Waals surface area contributed by atoms with E-state index in [1.807, 2.05) is 36.6 Å². The molecule has 0 saturated carbocycles. The molecular weight excluding hydrogens is 337 g/mol. The lowest BCUT2D eigenvalue weighted by Crippen LogP contribution is -1.89. The van der Waals surface area contributed by atoms with E-state index in [1.54, 1.807) is 23.5 Å². The number of halogens is 1. The van der Waals surface area contributed by atoms with Crippen LogP contribution in [0.1, 0.15) is 16.5 Å². The van der Waals surface area contributed by atoms with E-state index in [0.717, 1.165) is 27.4 Å². The number of aryl methyl sites for hydroxylation is 1. The molecule has 0 atom stereocenters. The monoisotopic (exact) mass is 351 g/mol. The van der Waals surface area contributed by atoms with E-state index in [0.29, 0.717) is 18.1 Å². The fourth-order valence-corrected chi connectivity index (χ4v) is 3.13. The minimum atomic E-state index is -0.259. The first-order chi connectivity index (χ1) is 12.2. The number of benzene rings is 2. The number of nitrogens with zero attached hydrogens (tertiary/aromatic N) is 3. The Morgan fingerprint density at radius 3 is 2.36 bits per heavy atom. The Bertz CT molecular complexity index is 990. The van der Waals surface area contributed by atoms with E-state index in [-0.39, 0.29) is 5.82 Å². The zero-order valence-electron chi connectivity index (χ0n) is 13.4. The summed E-state index contributed by atoms with van der Waals surface area (Å²) in [6.45, 7) is 1.99. The van der Waals surface area contributed by atoms with Crippen molar-refractivity contribution >= 4 is 11.3 Å². The van der Waals surface area contributed by atoms with E-state index in [4.69, 9.17) is 4.52 Å². The standard InChI is InChI=1S/C19H14FN3OS/c1-12-21-17(11-25-12)14-4-6-15(7-5-14)19-22-18(24-23-19)10-13-2-8-16(20)9-3-13/h2-9,11H,10H2,1H3. The summed E-state index contributed by atoms with van der Waals surface area (Å²) in [5.41, 5.74) is 3.83. The van der Waals surface area contributed by atoms with Gasteiger partial charge in [0, 0.05) is 16.5 Å². The zero-order chi connectivity index (χ0) is 17.2. The van der Waals surface area contributed by atoms with Gasteiger partial charge in [0.1, 0.15) is 5.82 Å². The highest BCUT2D eigenvalue weighted by Crippen LogP contribution is 2.24. The van der Waals surface area contributed by atoms with Crippen molar-refractivity contribution in [3.8, 4) is 22.6 Å². The van der Waals surface area contributed by atoms with Crippen molar-refractivity contribution in [2.24, 2.45) is 0 Å². The quantitative estimate of drug-likeness (QED) is 0.525. The van der Waals surface area contributed by atoms with Gasteiger partial charge in [-0.15, -0.1) is 11.3 Å². The Kier molecular flexibility index (Phi) is 4.11.